The lowest BCUT2D eigenvalue weighted by atomic mass is 10.00. The van der Waals surface area contributed by atoms with Gasteiger partial charge in [-0.2, -0.15) is 5.26 Å². The Kier molecular flexibility index (Phi) is 6.38. The molecule has 4 heteroatoms. The van der Waals surface area contributed by atoms with Crippen LogP contribution >= 0.6 is 15.9 Å². The summed E-state index contributed by atoms with van der Waals surface area (Å²) in [5.74, 6) is 1.34. The van der Waals surface area contributed by atoms with Gasteiger partial charge >= 0.3 is 0 Å². The van der Waals surface area contributed by atoms with E-state index in [1.54, 1.807) is 0 Å². The van der Waals surface area contributed by atoms with E-state index in [0.29, 0.717) is 23.7 Å². The second kappa shape index (κ2) is 8.95. The van der Waals surface area contributed by atoms with Crippen LogP contribution in [0.1, 0.15) is 31.9 Å². The summed E-state index contributed by atoms with van der Waals surface area (Å²) in [6.45, 7) is 6.42. The van der Waals surface area contributed by atoms with Gasteiger partial charge in [0.15, 0.2) is 11.5 Å². The molecule has 0 heterocycles. The van der Waals surface area contributed by atoms with E-state index in [0.717, 1.165) is 26.4 Å². The maximum Gasteiger partial charge on any atom is 0.175 e. The molecule has 0 aliphatic heterocycles. The molecule has 0 N–H and O–H groups in total. The van der Waals surface area contributed by atoms with E-state index >= 15 is 0 Å². The first-order valence-corrected chi connectivity index (χ1v) is 10.0. The maximum atomic E-state index is 9.74. The van der Waals surface area contributed by atoms with Crippen molar-refractivity contribution in [3.05, 3.63) is 70.2 Å². The molecule has 0 spiro atoms. The highest BCUT2D eigenvalue weighted by atomic mass is 79.9. The Balaban J connectivity index is 2.05. The molecule has 0 unspecified atom stereocenters. The van der Waals surface area contributed by atoms with Crippen LogP contribution in [0.15, 0.2) is 59.1 Å². The van der Waals surface area contributed by atoms with Crippen LogP contribution in [-0.4, -0.2) is 12.7 Å². The Labute approximate surface area is 174 Å². The fourth-order valence-electron chi connectivity index (χ4n) is 2.99. The monoisotopic (exact) mass is 435 g/mol. The third kappa shape index (κ3) is 4.55. The molecule has 3 nitrogen and oxygen atoms in total. The topological polar surface area (TPSA) is 42.2 Å². The van der Waals surface area contributed by atoms with Gasteiger partial charge in [0.05, 0.1) is 28.8 Å². The molecule has 0 aliphatic carbocycles. The first kappa shape index (κ1) is 20.0. The van der Waals surface area contributed by atoms with Gasteiger partial charge in [-0.25, -0.2) is 0 Å². The van der Waals surface area contributed by atoms with E-state index in [1.165, 1.54) is 0 Å². The second-order valence-electron chi connectivity index (χ2n) is 6.66. The normalized spacial score (nSPS) is 11.5. The number of hydrogen-bond acceptors (Lipinski definition) is 3. The summed E-state index contributed by atoms with van der Waals surface area (Å²) in [5.41, 5.74) is 2.35. The van der Waals surface area contributed by atoms with E-state index in [4.69, 9.17) is 9.47 Å². The molecule has 28 heavy (non-hydrogen) atoms. The molecule has 3 rings (SSSR count). The summed E-state index contributed by atoms with van der Waals surface area (Å²) in [6, 6.07) is 20.4. The zero-order chi connectivity index (χ0) is 20.1. The number of benzene rings is 3. The molecule has 0 fully saturated rings. The van der Waals surface area contributed by atoms with Crippen molar-refractivity contribution in [1.82, 2.24) is 0 Å². The summed E-state index contributed by atoms with van der Waals surface area (Å²) in [7, 11) is 0. The highest BCUT2D eigenvalue weighted by Gasteiger charge is 2.14. The van der Waals surface area contributed by atoms with E-state index in [2.05, 4.69) is 34.1 Å². The van der Waals surface area contributed by atoms with Crippen LogP contribution in [0.3, 0.4) is 0 Å². The Hall–Kier alpha value is -2.77. The van der Waals surface area contributed by atoms with Crippen LogP contribution in [-0.2, 0) is 0 Å². The van der Waals surface area contributed by atoms with Crippen LogP contribution in [0, 0.1) is 11.3 Å². The Morgan fingerprint density at radius 3 is 2.54 bits per heavy atom. The SMILES string of the molecule is CCOc1cc(C=C(C#N)c2ccc3ccccc3c2)cc(Br)c1OC(C)C. The average molecular weight is 436 g/mol. The minimum atomic E-state index is 0.0316. The number of allylic oxidation sites excluding steroid dienone is 1. The summed E-state index contributed by atoms with van der Waals surface area (Å²) in [6.07, 6.45) is 1.90. The zero-order valence-corrected chi connectivity index (χ0v) is 17.8. The first-order chi connectivity index (χ1) is 13.5. The third-order valence-electron chi connectivity index (χ3n) is 4.18. The highest BCUT2D eigenvalue weighted by Crippen LogP contribution is 2.38. The van der Waals surface area contributed by atoms with Crippen LogP contribution in [0.2, 0.25) is 0 Å². The molecule has 0 atom stereocenters. The van der Waals surface area contributed by atoms with E-state index in [1.807, 2.05) is 69.3 Å². The Morgan fingerprint density at radius 2 is 1.86 bits per heavy atom. The molecular weight excluding hydrogens is 414 g/mol. The van der Waals surface area contributed by atoms with Crippen LogP contribution < -0.4 is 9.47 Å². The number of nitrogens with zero attached hydrogens (tertiary/aromatic N) is 1. The Bertz CT molecular complexity index is 1060. The number of halogens is 1. The lowest BCUT2D eigenvalue weighted by Crippen LogP contribution is -2.08. The number of fused-ring (bicyclic) bond motifs is 1. The number of nitriles is 1. The quantitative estimate of drug-likeness (QED) is 0.313. The highest BCUT2D eigenvalue weighted by molar-refractivity contribution is 9.10. The van der Waals surface area contributed by atoms with Gasteiger partial charge in [-0.05, 0) is 82.9 Å². The Morgan fingerprint density at radius 1 is 1.11 bits per heavy atom. The minimum Gasteiger partial charge on any atom is -0.490 e. The lowest BCUT2D eigenvalue weighted by Gasteiger charge is -2.17. The van der Waals surface area contributed by atoms with Crippen LogP contribution in [0.4, 0.5) is 0 Å². The van der Waals surface area contributed by atoms with Gasteiger partial charge in [-0.3, -0.25) is 0 Å². The van der Waals surface area contributed by atoms with Crippen LogP contribution in [0.25, 0.3) is 22.4 Å². The summed E-state index contributed by atoms with van der Waals surface area (Å²) in [5, 5.41) is 12.0. The lowest BCUT2D eigenvalue weighted by molar-refractivity contribution is 0.222. The molecule has 3 aromatic rings. The van der Waals surface area contributed by atoms with Crippen molar-refractivity contribution in [1.29, 1.82) is 5.26 Å². The van der Waals surface area contributed by atoms with Crippen molar-refractivity contribution < 1.29 is 9.47 Å². The molecule has 0 aromatic heterocycles. The average Bonchev–Trinajstić information content (AvgIpc) is 2.68. The van der Waals surface area contributed by atoms with Gasteiger partial charge in [0.1, 0.15) is 0 Å². The maximum absolute atomic E-state index is 9.74. The second-order valence-corrected chi connectivity index (χ2v) is 7.52. The van der Waals surface area contributed by atoms with Gasteiger partial charge in [0, 0.05) is 0 Å². The first-order valence-electron chi connectivity index (χ1n) is 9.25. The standard InChI is InChI=1S/C24H22BrNO2/c1-4-27-23-13-17(12-22(25)24(23)28-16(2)3)11-21(15-26)20-10-9-18-7-5-6-8-19(18)14-20/h5-14,16H,4H2,1-3H3. The number of rotatable bonds is 6. The molecular formula is C24H22BrNO2. The van der Waals surface area contributed by atoms with Crippen molar-refractivity contribution in [2.24, 2.45) is 0 Å². The fourth-order valence-corrected chi connectivity index (χ4v) is 3.54. The summed E-state index contributed by atoms with van der Waals surface area (Å²) in [4.78, 5) is 0. The molecule has 3 aromatic carbocycles. The summed E-state index contributed by atoms with van der Waals surface area (Å²) < 4.78 is 12.5. The third-order valence-corrected chi connectivity index (χ3v) is 4.77. The van der Waals surface area contributed by atoms with Gasteiger partial charge in [0.2, 0.25) is 0 Å². The predicted molar refractivity (Wildman–Crippen MR) is 119 cm³/mol. The molecule has 0 amide bonds. The summed E-state index contributed by atoms with van der Waals surface area (Å²) >= 11 is 3.58. The van der Waals surface area contributed by atoms with E-state index in [9.17, 15) is 5.26 Å². The molecule has 0 saturated carbocycles. The van der Waals surface area contributed by atoms with Gasteiger partial charge in [-0.15, -0.1) is 0 Å². The zero-order valence-electron chi connectivity index (χ0n) is 16.2. The molecule has 0 radical (unpaired) electrons. The van der Waals surface area contributed by atoms with Gasteiger partial charge < -0.3 is 9.47 Å². The van der Waals surface area contributed by atoms with Crippen molar-refractivity contribution >= 4 is 38.4 Å². The molecule has 0 saturated heterocycles. The van der Waals surface area contributed by atoms with Crippen molar-refractivity contribution in [3.63, 3.8) is 0 Å². The molecule has 0 aliphatic rings. The van der Waals surface area contributed by atoms with Crippen molar-refractivity contribution in [2.75, 3.05) is 6.61 Å². The predicted octanol–water partition coefficient (Wildman–Crippen LogP) is 6.85. The number of hydrogen-bond donors (Lipinski definition) is 0. The van der Waals surface area contributed by atoms with Crippen molar-refractivity contribution in [3.8, 4) is 17.6 Å². The number of ether oxygens (including phenoxy) is 2. The van der Waals surface area contributed by atoms with E-state index < -0.39 is 0 Å². The van der Waals surface area contributed by atoms with E-state index in [-0.39, 0.29) is 6.10 Å². The van der Waals surface area contributed by atoms with Gasteiger partial charge in [0.25, 0.3) is 0 Å². The molecule has 142 valence electrons. The minimum absolute atomic E-state index is 0.0316. The van der Waals surface area contributed by atoms with Crippen molar-refractivity contribution in [2.45, 2.75) is 26.9 Å². The van der Waals surface area contributed by atoms with Gasteiger partial charge in [-0.1, -0.05) is 36.4 Å². The molecule has 0 bridgehead atoms. The smallest absolute Gasteiger partial charge is 0.175 e. The largest absolute Gasteiger partial charge is 0.490 e. The van der Waals surface area contributed by atoms with Crippen LogP contribution in [0.5, 0.6) is 11.5 Å². The fraction of sp³-hybridized carbons (Fsp3) is 0.208.